The summed E-state index contributed by atoms with van der Waals surface area (Å²) in [5.41, 5.74) is 9.79. The molecule has 2 aromatic carbocycles. The maximum absolute atomic E-state index is 10.9. The number of carbonyl (C=O) groups is 1. The van der Waals surface area contributed by atoms with Gasteiger partial charge in [-0.25, -0.2) is 0 Å². The van der Waals surface area contributed by atoms with Crippen LogP contribution in [0.1, 0.15) is 16.7 Å². The second kappa shape index (κ2) is 6.48. The third-order valence-corrected chi connectivity index (χ3v) is 4.13. The molecule has 0 aliphatic carbocycles. The average molecular weight is 287 g/mol. The van der Waals surface area contributed by atoms with Crippen LogP contribution >= 0.6 is 11.8 Å². The molecule has 4 heteroatoms. The van der Waals surface area contributed by atoms with E-state index in [0.717, 1.165) is 27.5 Å². The van der Waals surface area contributed by atoms with Gasteiger partial charge < -0.3 is 10.8 Å². The number of nitrogen functional groups attached to an aromatic ring is 1. The van der Waals surface area contributed by atoms with E-state index in [1.165, 1.54) is 5.56 Å². The van der Waals surface area contributed by atoms with Crippen LogP contribution in [0.3, 0.4) is 0 Å². The molecule has 104 valence electrons. The summed E-state index contributed by atoms with van der Waals surface area (Å²) in [6.07, 6.45) is 0.0556. The molecular formula is C16H17NO2S. The number of aliphatic carboxylic acids is 1. The summed E-state index contributed by atoms with van der Waals surface area (Å²) >= 11 is 1.64. The van der Waals surface area contributed by atoms with E-state index in [9.17, 15) is 4.79 Å². The molecule has 20 heavy (non-hydrogen) atoms. The second-order valence-electron chi connectivity index (χ2n) is 4.67. The van der Waals surface area contributed by atoms with Gasteiger partial charge in [-0.3, -0.25) is 4.79 Å². The summed E-state index contributed by atoms with van der Waals surface area (Å²) in [4.78, 5) is 11.9. The Bertz CT molecular complexity index is 626. The smallest absolute Gasteiger partial charge is 0.307 e. The highest BCUT2D eigenvalue weighted by Crippen LogP contribution is 2.30. The normalized spacial score (nSPS) is 10.4. The summed E-state index contributed by atoms with van der Waals surface area (Å²) in [6, 6.07) is 13.6. The molecule has 0 amide bonds. The largest absolute Gasteiger partial charge is 0.481 e. The summed E-state index contributed by atoms with van der Waals surface area (Å²) in [5.74, 6) is -0.0885. The van der Waals surface area contributed by atoms with Crippen molar-refractivity contribution < 1.29 is 9.90 Å². The Morgan fingerprint density at radius 1 is 1.20 bits per heavy atom. The number of hydrogen-bond donors (Lipinski definition) is 2. The van der Waals surface area contributed by atoms with Gasteiger partial charge in [-0.15, -0.1) is 11.8 Å². The Hall–Kier alpha value is -1.94. The molecule has 3 N–H and O–H groups in total. The lowest BCUT2D eigenvalue weighted by molar-refractivity contribution is -0.136. The number of aryl methyl sites for hydroxylation is 1. The number of nitrogens with two attached hydrogens (primary N) is 1. The van der Waals surface area contributed by atoms with Gasteiger partial charge in [0.15, 0.2) is 0 Å². The number of benzene rings is 2. The van der Waals surface area contributed by atoms with Gasteiger partial charge in [-0.1, -0.05) is 30.3 Å². The van der Waals surface area contributed by atoms with Gasteiger partial charge in [0.1, 0.15) is 0 Å². The van der Waals surface area contributed by atoms with Crippen LogP contribution in [0.4, 0.5) is 5.69 Å². The number of thioether (sulfide) groups is 1. The predicted octanol–water partition coefficient (Wildman–Crippen LogP) is 3.50. The average Bonchev–Trinajstić information content (AvgIpc) is 2.41. The molecule has 0 saturated heterocycles. The van der Waals surface area contributed by atoms with Gasteiger partial charge >= 0.3 is 5.97 Å². The number of rotatable bonds is 5. The minimum Gasteiger partial charge on any atom is -0.481 e. The quantitative estimate of drug-likeness (QED) is 0.652. The van der Waals surface area contributed by atoms with Crippen molar-refractivity contribution in [3.8, 4) is 0 Å². The monoisotopic (exact) mass is 287 g/mol. The first-order chi connectivity index (χ1) is 9.56. The Balaban J connectivity index is 2.14. The minimum absolute atomic E-state index is 0.0556. The van der Waals surface area contributed by atoms with Gasteiger partial charge in [0.25, 0.3) is 0 Å². The van der Waals surface area contributed by atoms with Gasteiger partial charge in [-0.05, 0) is 35.7 Å². The molecule has 0 aliphatic heterocycles. The molecule has 2 aromatic rings. The van der Waals surface area contributed by atoms with E-state index < -0.39 is 5.97 Å². The van der Waals surface area contributed by atoms with Crippen molar-refractivity contribution in [1.29, 1.82) is 0 Å². The molecule has 0 radical (unpaired) electrons. The first kappa shape index (κ1) is 14.5. The third kappa shape index (κ3) is 3.78. The molecule has 2 rings (SSSR count). The maximum atomic E-state index is 10.9. The molecule has 0 fully saturated rings. The SMILES string of the molecule is Cc1ccc(N)c(SCc2ccccc2CC(=O)O)c1. The Morgan fingerprint density at radius 3 is 2.60 bits per heavy atom. The molecule has 3 nitrogen and oxygen atoms in total. The lowest BCUT2D eigenvalue weighted by atomic mass is 10.1. The van der Waals surface area contributed by atoms with Crippen molar-refractivity contribution in [2.24, 2.45) is 0 Å². The fourth-order valence-corrected chi connectivity index (χ4v) is 3.05. The van der Waals surface area contributed by atoms with Crippen LogP contribution in [-0.2, 0) is 17.0 Å². The van der Waals surface area contributed by atoms with Crippen molar-refractivity contribution in [3.05, 3.63) is 59.2 Å². The van der Waals surface area contributed by atoms with Gasteiger partial charge in [0, 0.05) is 16.3 Å². The van der Waals surface area contributed by atoms with E-state index in [4.69, 9.17) is 10.8 Å². The summed E-state index contributed by atoms with van der Waals surface area (Å²) in [5, 5.41) is 8.93. The van der Waals surface area contributed by atoms with E-state index in [-0.39, 0.29) is 6.42 Å². The lowest BCUT2D eigenvalue weighted by Crippen LogP contribution is -2.03. The third-order valence-electron chi connectivity index (χ3n) is 3.01. The molecule has 0 heterocycles. The number of carboxylic acids is 1. The van der Waals surface area contributed by atoms with Gasteiger partial charge in [0.05, 0.1) is 6.42 Å². The lowest BCUT2D eigenvalue weighted by Gasteiger charge is -2.09. The predicted molar refractivity (Wildman–Crippen MR) is 82.9 cm³/mol. The maximum Gasteiger partial charge on any atom is 0.307 e. The number of carboxylic acid groups (broad SMARTS) is 1. The van der Waals surface area contributed by atoms with Crippen LogP contribution in [0.2, 0.25) is 0 Å². The molecule has 0 atom stereocenters. The van der Waals surface area contributed by atoms with Crippen molar-refractivity contribution in [2.45, 2.75) is 24.0 Å². The van der Waals surface area contributed by atoms with Crippen LogP contribution < -0.4 is 5.73 Å². The van der Waals surface area contributed by atoms with Crippen LogP contribution in [0, 0.1) is 6.92 Å². The van der Waals surface area contributed by atoms with Crippen molar-refractivity contribution in [2.75, 3.05) is 5.73 Å². The zero-order valence-corrected chi connectivity index (χ0v) is 12.1. The molecule has 0 aromatic heterocycles. The van der Waals surface area contributed by atoms with Crippen LogP contribution in [-0.4, -0.2) is 11.1 Å². The molecule has 0 spiro atoms. The molecule has 0 aliphatic rings. The zero-order valence-electron chi connectivity index (χ0n) is 11.3. The van der Waals surface area contributed by atoms with Crippen LogP contribution in [0.25, 0.3) is 0 Å². The number of hydrogen-bond acceptors (Lipinski definition) is 3. The number of anilines is 1. The highest BCUT2D eigenvalue weighted by Gasteiger charge is 2.08. The summed E-state index contributed by atoms with van der Waals surface area (Å²) in [6.45, 7) is 2.03. The first-order valence-electron chi connectivity index (χ1n) is 6.34. The fourth-order valence-electron chi connectivity index (χ4n) is 1.96. The van der Waals surface area contributed by atoms with Gasteiger partial charge in [-0.2, -0.15) is 0 Å². The minimum atomic E-state index is -0.808. The Kier molecular flexibility index (Phi) is 4.69. The van der Waals surface area contributed by atoms with E-state index in [2.05, 4.69) is 6.07 Å². The second-order valence-corrected chi connectivity index (χ2v) is 5.69. The molecular weight excluding hydrogens is 270 g/mol. The fraction of sp³-hybridized carbons (Fsp3) is 0.188. The molecule has 0 unspecified atom stereocenters. The van der Waals surface area contributed by atoms with Crippen LogP contribution in [0.5, 0.6) is 0 Å². The van der Waals surface area contributed by atoms with Gasteiger partial charge in [0.2, 0.25) is 0 Å². The van der Waals surface area contributed by atoms with Crippen molar-refractivity contribution in [1.82, 2.24) is 0 Å². The highest BCUT2D eigenvalue weighted by molar-refractivity contribution is 7.98. The van der Waals surface area contributed by atoms with Crippen molar-refractivity contribution in [3.63, 3.8) is 0 Å². The first-order valence-corrected chi connectivity index (χ1v) is 7.32. The Morgan fingerprint density at radius 2 is 1.90 bits per heavy atom. The summed E-state index contributed by atoms with van der Waals surface area (Å²) in [7, 11) is 0. The van der Waals surface area contributed by atoms with E-state index >= 15 is 0 Å². The standard InChI is InChI=1S/C16H17NO2S/c1-11-6-7-14(17)15(8-11)20-10-13-5-3-2-4-12(13)9-16(18)19/h2-8H,9-10,17H2,1H3,(H,18,19). The van der Waals surface area contributed by atoms with Crippen molar-refractivity contribution >= 4 is 23.4 Å². The van der Waals surface area contributed by atoms with E-state index in [0.29, 0.717) is 0 Å². The molecule has 0 bridgehead atoms. The zero-order chi connectivity index (χ0) is 14.5. The summed E-state index contributed by atoms with van der Waals surface area (Å²) < 4.78 is 0. The topological polar surface area (TPSA) is 63.3 Å². The highest BCUT2D eigenvalue weighted by atomic mass is 32.2. The van der Waals surface area contributed by atoms with E-state index in [1.54, 1.807) is 11.8 Å². The van der Waals surface area contributed by atoms with E-state index in [1.807, 2.05) is 43.3 Å². The Labute approximate surface area is 122 Å². The molecule has 0 saturated carbocycles. The van der Waals surface area contributed by atoms with Crippen LogP contribution in [0.15, 0.2) is 47.4 Å².